The van der Waals surface area contributed by atoms with Gasteiger partial charge in [-0.1, -0.05) is 0 Å². The Morgan fingerprint density at radius 1 is 0.529 bits per heavy atom. The van der Waals surface area contributed by atoms with Crippen molar-refractivity contribution in [3.05, 3.63) is 117 Å². The molecule has 4 rings (SSSR count). The molecule has 0 unspecified atom stereocenters. The number of anilines is 2. The number of hydrogen-bond acceptors (Lipinski definition) is 2. The van der Waals surface area contributed by atoms with Crippen molar-refractivity contribution in [2.75, 3.05) is 10.6 Å². The fourth-order valence-corrected chi connectivity index (χ4v) is 10.7. The minimum absolute atomic E-state index is 0.0225. The van der Waals surface area contributed by atoms with E-state index in [1.165, 1.54) is 0 Å². The molecule has 0 bridgehead atoms. The summed E-state index contributed by atoms with van der Waals surface area (Å²) in [6.07, 6.45) is 0. The van der Waals surface area contributed by atoms with E-state index in [1.54, 1.807) is 0 Å². The van der Waals surface area contributed by atoms with Crippen molar-refractivity contribution in [2.24, 2.45) is 0 Å². The predicted octanol–water partition coefficient (Wildman–Crippen LogP) is 4.99. The second kappa shape index (κ2) is 12.0. The van der Waals surface area contributed by atoms with E-state index in [2.05, 4.69) is 42.5 Å². The SMILES string of the molecule is O=C(Nc1ccc(Br)cc1)c1ccccc1[Se][Se]c1ccccc1C(=O)Nc1ccc(Br)cc1. The molecule has 0 aliphatic heterocycles. The molecule has 0 aliphatic carbocycles. The standard InChI is InChI=1S/C26H18Br2N2O2Se2/c27-17-9-13-19(14-10-17)29-25(31)21-5-1-3-7-23(21)33-34-24-8-4-2-6-22(24)26(32)30-20-15-11-18(28)12-16-20/h1-16H,(H,29,31)(H,30,32). The third-order valence-corrected chi connectivity index (χ3v) is 13.0. The molecule has 0 atom stereocenters. The van der Waals surface area contributed by atoms with Crippen LogP contribution in [0.1, 0.15) is 20.7 Å². The van der Waals surface area contributed by atoms with Gasteiger partial charge in [-0.2, -0.15) is 0 Å². The molecule has 0 fully saturated rings. The molecule has 4 aromatic rings. The molecule has 0 heterocycles. The Balaban J connectivity index is 1.48. The first-order valence-corrected chi connectivity index (χ1v) is 17.8. The number of carbonyl (C=O) groups excluding carboxylic acids is 2. The van der Waals surface area contributed by atoms with Crippen LogP contribution in [-0.4, -0.2) is 38.1 Å². The number of carbonyl (C=O) groups is 2. The van der Waals surface area contributed by atoms with Crippen LogP contribution in [0.5, 0.6) is 0 Å². The number of nitrogens with one attached hydrogen (secondary N) is 2. The van der Waals surface area contributed by atoms with E-state index < -0.39 is 0 Å². The van der Waals surface area contributed by atoms with Crippen LogP contribution in [0.15, 0.2) is 106 Å². The average Bonchev–Trinajstić information content (AvgIpc) is 2.86. The third-order valence-electron chi connectivity index (χ3n) is 4.69. The Morgan fingerprint density at radius 3 is 1.26 bits per heavy atom. The summed E-state index contributed by atoms with van der Waals surface area (Å²) in [5, 5.41) is 5.95. The van der Waals surface area contributed by atoms with Crippen LogP contribution in [0.4, 0.5) is 11.4 Å². The van der Waals surface area contributed by atoms with Gasteiger partial charge in [-0.25, -0.2) is 0 Å². The van der Waals surface area contributed by atoms with Gasteiger partial charge in [-0.05, 0) is 0 Å². The second-order valence-corrected chi connectivity index (χ2v) is 15.1. The zero-order valence-corrected chi connectivity index (χ0v) is 24.2. The Labute approximate surface area is 226 Å². The monoisotopic (exact) mass is 708 g/mol. The summed E-state index contributed by atoms with van der Waals surface area (Å²) < 4.78 is 3.96. The first-order chi connectivity index (χ1) is 16.5. The maximum atomic E-state index is 13.0. The van der Waals surface area contributed by atoms with Gasteiger partial charge >= 0.3 is 228 Å². The van der Waals surface area contributed by atoms with Crippen LogP contribution in [0.3, 0.4) is 0 Å². The normalized spacial score (nSPS) is 10.5. The molecule has 0 saturated carbocycles. The van der Waals surface area contributed by atoms with E-state index in [0.29, 0.717) is 11.1 Å². The molecule has 170 valence electrons. The summed E-state index contributed by atoms with van der Waals surface area (Å²) in [5.41, 5.74) is 2.83. The third kappa shape index (κ3) is 6.70. The molecule has 8 heteroatoms. The number of halogens is 2. The topological polar surface area (TPSA) is 58.2 Å². The van der Waals surface area contributed by atoms with Crippen molar-refractivity contribution >= 4 is 90.2 Å². The van der Waals surface area contributed by atoms with Crippen molar-refractivity contribution in [3.8, 4) is 0 Å². The van der Waals surface area contributed by atoms with E-state index in [0.717, 1.165) is 29.2 Å². The van der Waals surface area contributed by atoms with Crippen LogP contribution in [0, 0.1) is 0 Å². The van der Waals surface area contributed by atoms with Gasteiger partial charge in [0.15, 0.2) is 0 Å². The van der Waals surface area contributed by atoms with E-state index >= 15 is 0 Å². The van der Waals surface area contributed by atoms with Crippen LogP contribution >= 0.6 is 31.9 Å². The fourth-order valence-electron chi connectivity index (χ4n) is 3.01. The molecule has 0 radical (unpaired) electrons. The van der Waals surface area contributed by atoms with E-state index in [4.69, 9.17) is 0 Å². The summed E-state index contributed by atoms with van der Waals surface area (Å²) in [4.78, 5) is 25.9. The van der Waals surface area contributed by atoms with Crippen molar-refractivity contribution in [1.82, 2.24) is 0 Å². The van der Waals surface area contributed by atoms with E-state index in [1.807, 2.05) is 97.1 Å². The van der Waals surface area contributed by atoms with Gasteiger partial charge in [0.25, 0.3) is 0 Å². The van der Waals surface area contributed by atoms with Crippen LogP contribution in [-0.2, 0) is 0 Å². The first-order valence-electron chi connectivity index (χ1n) is 10.2. The van der Waals surface area contributed by atoms with Crippen molar-refractivity contribution in [2.45, 2.75) is 0 Å². The first kappa shape index (κ1) is 24.9. The predicted molar refractivity (Wildman–Crippen MR) is 148 cm³/mol. The summed E-state index contributed by atoms with van der Waals surface area (Å²) in [6, 6.07) is 30.4. The molecule has 0 aromatic heterocycles. The molecular formula is C26H18Br2N2O2Se2. The molecule has 0 spiro atoms. The van der Waals surface area contributed by atoms with Crippen molar-refractivity contribution in [3.63, 3.8) is 0 Å². The zero-order chi connectivity index (χ0) is 23.9. The molecule has 34 heavy (non-hydrogen) atoms. The Kier molecular flexibility index (Phi) is 8.79. The van der Waals surface area contributed by atoms with E-state index in [9.17, 15) is 9.59 Å². The maximum absolute atomic E-state index is 13.0. The Bertz CT molecular complexity index is 1210. The van der Waals surface area contributed by atoms with Crippen molar-refractivity contribution in [1.29, 1.82) is 0 Å². The number of rotatable bonds is 7. The molecular weight excluding hydrogens is 690 g/mol. The number of amides is 2. The molecule has 4 aromatic carbocycles. The minimum atomic E-state index is -0.128. The van der Waals surface area contributed by atoms with Crippen molar-refractivity contribution < 1.29 is 9.59 Å². The summed E-state index contributed by atoms with van der Waals surface area (Å²) in [5.74, 6) is -0.256. The Hall–Kier alpha value is -2.18. The van der Waals surface area contributed by atoms with Crippen LogP contribution in [0.2, 0.25) is 0 Å². The molecule has 2 amide bonds. The van der Waals surface area contributed by atoms with E-state index in [-0.39, 0.29) is 38.1 Å². The van der Waals surface area contributed by atoms with Gasteiger partial charge in [0.1, 0.15) is 0 Å². The summed E-state index contributed by atoms with van der Waals surface area (Å²) >= 11 is 6.86. The van der Waals surface area contributed by atoms with Gasteiger partial charge < -0.3 is 0 Å². The molecule has 0 saturated heterocycles. The number of benzene rings is 4. The molecule has 0 aliphatic rings. The van der Waals surface area contributed by atoms with Gasteiger partial charge in [0.2, 0.25) is 0 Å². The quantitative estimate of drug-likeness (QED) is 0.266. The summed E-state index contributed by atoms with van der Waals surface area (Å²) in [6.45, 7) is 0. The van der Waals surface area contributed by atoms with Gasteiger partial charge in [-0.15, -0.1) is 0 Å². The zero-order valence-electron chi connectivity index (χ0n) is 17.6. The second-order valence-electron chi connectivity index (χ2n) is 7.08. The fraction of sp³-hybridized carbons (Fsp3) is 0. The van der Waals surface area contributed by atoms with Gasteiger partial charge in [0.05, 0.1) is 0 Å². The summed E-state index contributed by atoms with van der Waals surface area (Å²) in [7, 11) is 0. The van der Waals surface area contributed by atoms with Crippen LogP contribution < -0.4 is 19.6 Å². The van der Waals surface area contributed by atoms with Gasteiger partial charge in [-0.3, -0.25) is 0 Å². The average molecular weight is 708 g/mol. The number of hydrogen-bond donors (Lipinski definition) is 2. The van der Waals surface area contributed by atoms with Crippen LogP contribution in [0.25, 0.3) is 0 Å². The Morgan fingerprint density at radius 2 is 0.882 bits per heavy atom. The molecule has 4 nitrogen and oxygen atoms in total. The van der Waals surface area contributed by atoms with Gasteiger partial charge in [0, 0.05) is 0 Å². The molecule has 2 N–H and O–H groups in total.